The molecular formula is C14H10Br2FN3. The van der Waals surface area contributed by atoms with Crippen molar-refractivity contribution in [2.24, 2.45) is 0 Å². The molecule has 0 saturated carbocycles. The Hall–Kier alpha value is -1.40. The molecule has 0 aliphatic carbocycles. The van der Waals surface area contributed by atoms with Gasteiger partial charge >= 0.3 is 0 Å². The molecule has 3 nitrogen and oxygen atoms in total. The third kappa shape index (κ3) is 2.13. The summed E-state index contributed by atoms with van der Waals surface area (Å²) in [6.45, 7) is 1.91. The number of aromatic nitrogens is 2. The van der Waals surface area contributed by atoms with E-state index < -0.39 is 0 Å². The average Bonchev–Trinajstić information content (AvgIpc) is 2.69. The van der Waals surface area contributed by atoms with Crippen LogP contribution < -0.4 is 5.73 Å². The van der Waals surface area contributed by atoms with Gasteiger partial charge in [0.15, 0.2) is 0 Å². The van der Waals surface area contributed by atoms with Crippen LogP contribution in [0.15, 0.2) is 39.3 Å². The topological polar surface area (TPSA) is 43.8 Å². The smallest absolute Gasteiger partial charge is 0.205 e. The van der Waals surface area contributed by atoms with Crippen LogP contribution in [0.5, 0.6) is 0 Å². The molecule has 0 fully saturated rings. The first-order valence-corrected chi connectivity index (χ1v) is 7.45. The lowest BCUT2D eigenvalue weighted by molar-refractivity contribution is 0.619. The third-order valence-electron chi connectivity index (χ3n) is 3.12. The van der Waals surface area contributed by atoms with E-state index in [9.17, 15) is 4.39 Å². The second-order valence-electron chi connectivity index (χ2n) is 4.49. The molecule has 0 aliphatic heterocycles. The summed E-state index contributed by atoms with van der Waals surface area (Å²) < 4.78 is 16.9. The lowest BCUT2D eigenvalue weighted by Crippen LogP contribution is -2.03. The van der Waals surface area contributed by atoms with Gasteiger partial charge in [-0.2, -0.15) is 0 Å². The van der Waals surface area contributed by atoms with Gasteiger partial charge in [-0.25, -0.2) is 9.37 Å². The predicted molar refractivity (Wildman–Crippen MR) is 85.6 cm³/mol. The highest BCUT2D eigenvalue weighted by Gasteiger charge is 2.14. The summed E-state index contributed by atoms with van der Waals surface area (Å²) in [6, 6.07) is 8.88. The van der Waals surface area contributed by atoms with Gasteiger partial charge in [-0.1, -0.05) is 15.9 Å². The van der Waals surface area contributed by atoms with Crippen LogP contribution in [0.1, 0.15) is 5.56 Å². The maximum atomic E-state index is 13.8. The lowest BCUT2D eigenvalue weighted by atomic mass is 10.2. The average molecular weight is 399 g/mol. The van der Waals surface area contributed by atoms with Crippen molar-refractivity contribution in [3.63, 3.8) is 0 Å². The van der Waals surface area contributed by atoms with Gasteiger partial charge in [0.2, 0.25) is 5.95 Å². The standard InChI is InChI=1S/C14H10Br2FN3/c1-7-4-9(16)10(17)6-13(7)20-12-3-2-8(15)5-11(12)19-14(20)18/h2-6H,1H3,(H2,18,19). The van der Waals surface area contributed by atoms with Gasteiger partial charge in [0.1, 0.15) is 5.82 Å². The van der Waals surface area contributed by atoms with Gasteiger partial charge in [0, 0.05) is 4.47 Å². The van der Waals surface area contributed by atoms with Crippen molar-refractivity contribution < 1.29 is 4.39 Å². The quantitative estimate of drug-likeness (QED) is 0.651. The van der Waals surface area contributed by atoms with E-state index in [1.807, 2.05) is 25.1 Å². The number of aryl methyl sites for hydroxylation is 1. The van der Waals surface area contributed by atoms with Crippen molar-refractivity contribution in [1.29, 1.82) is 0 Å². The van der Waals surface area contributed by atoms with Crippen molar-refractivity contribution in [1.82, 2.24) is 9.55 Å². The maximum Gasteiger partial charge on any atom is 0.205 e. The Balaban J connectivity index is 2.35. The number of hydrogen-bond acceptors (Lipinski definition) is 2. The molecule has 2 N–H and O–H groups in total. The summed E-state index contributed by atoms with van der Waals surface area (Å²) in [7, 11) is 0. The normalized spacial score (nSPS) is 11.2. The van der Waals surface area contributed by atoms with E-state index in [0.29, 0.717) is 16.1 Å². The van der Waals surface area contributed by atoms with E-state index in [2.05, 4.69) is 36.8 Å². The molecule has 0 radical (unpaired) electrons. The Bertz CT molecular complexity index is 827. The highest BCUT2D eigenvalue weighted by molar-refractivity contribution is 9.10. The molecule has 3 rings (SSSR count). The number of nitrogens with two attached hydrogens (primary N) is 1. The number of nitrogen functional groups attached to an aromatic ring is 1. The first-order chi connectivity index (χ1) is 9.47. The molecule has 0 aliphatic rings. The van der Waals surface area contributed by atoms with Crippen LogP contribution in [0.2, 0.25) is 0 Å². The molecular weight excluding hydrogens is 389 g/mol. The molecule has 6 heteroatoms. The molecule has 0 amide bonds. The zero-order chi connectivity index (χ0) is 14.4. The Morgan fingerprint density at radius 3 is 2.70 bits per heavy atom. The molecule has 20 heavy (non-hydrogen) atoms. The lowest BCUT2D eigenvalue weighted by Gasteiger charge is -2.11. The van der Waals surface area contributed by atoms with E-state index in [-0.39, 0.29) is 5.82 Å². The van der Waals surface area contributed by atoms with E-state index in [1.165, 1.54) is 6.07 Å². The molecule has 102 valence electrons. The Kier molecular flexibility index (Phi) is 3.30. The second-order valence-corrected chi connectivity index (χ2v) is 6.26. The van der Waals surface area contributed by atoms with Crippen LogP contribution in [0.3, 0.4) is 0 Å². The second kappa shape index (κ2) is 4.86. The maximum absolute atomic E-state index is 13.8. The predicted octanol–water partition coefficient (Wildman–Crippen LogP) is 4.58. The first-order valence-electron chi connectivity index (χ1n) is 5.87. The van der Waals surface area contributed by atoms with Crippen LogP contribution >= 0.6 is 31.9 Å². The van der Waals surface area contributed by atoms with Crippen LogP contribution in [0.4, 0.5) is 10.3 Å². The number of benzene rings is 2. The highest BCUT2D eigenvalue weighted by atomic mass is 79.9. The molecule has 1 aromatic heterocycles. The van der Waals surface area contributed by atoms with Crippen LogP contribution in [-0.4, -0.2) is 9.55 Å². The van der Waals surface area contributed by atoms with Gasteiger partial charge in [-0.05, 0) is 58.7 Å². The Morgan fingerprint density at radius 1 is 1.20 bits per heavy atom. The molecule has 0 spiro atoms. The van der Waals surface area contributed by atoms with E-state index in [1.54, 1.807) is 10.6 Å². The fraction of sp³-hybridized carbons (Fsp3) is 0.0714. The van der Waals surface area contributed by atoms with E-state index in [0.717, 1.165) is 21.1 Å². The third-order valence-corrected chi connectivity index (χ3v) is 4.22. The fourth-order valence-corrected chi connectivity index (χ4v) is 3.01. The van der Waals surface area contributed by atoms with Gasteiger partial charge in [-0.15, -0.1) is 0 Å². The number of fused-ring (bicyclic) bond motifs is 1. The Morgan fingerprint density at radius 2 is 1.95 bits per heavy atom. The van der Waals surface area contributed by atoms with Crippen molar-refractivity contribution in [3.8, 4) is 5.69 Å². The molecule has 1 heterocycles. The summed E-state index contributed by atoms with van der Waals surface area (Å²) in [5, 5.41) is 0. The number of halogens is 3. The largest absolute Gasteiger partial charge is 0.369 e. The van der Waals surface area contributed by atoms with Crippen molar-refractivity contribution in [3.05, 3.63) is 50.7 Å². The fourth-order valence-electron chi connectivity index (χ4n) is 2.20. The number of imidazole rings is 1. The molecule has 0 saturated heterocycles. The minimum atomic E-state index is -0.330. The molecule has 0 atom stereocenters. The van der Waals surface area contributed by atoms with Crippen LogP contribution in [0.25, 0.3) is 16.7 Å². The van der Waals surface area contributed by atoms with Gasteiger partial charge < -0.3 is 5.73 Å². The zero-order valence-corrected chi connectivity index (χ0v) is 13.7. The van der Waals surface area contributed by atoms with E-state index in [4.69, 9.17) is 5.73 Å². The zero-order valence-electron chi connectivity index (χ0n) is 10.5. The van der Waals surface area contributed by atoms with E-state index >= 15 is 0 Å². The molecule has 0 unspecified atom stereocenters. The summed E-state index contributed by atoms with van der Waals surface area (Å²) in [4.78, 5) is 4.32. The monoisotopic (exact) mass is 397 g/mol. The van der Waals surface area contributed by atoms with Gasteiger partial charge in [-0.3, -0.25) is 4.57 Å². The number of nitrogens with zero attached hydrogens (tertiary/aromatic N) is 2. The summed E-state index contributed by atoms with van der Waals surface area (Å²) in [5.41, 5.74) is 9.20. The summed E-state index contributed by atoms with van der Waals surface area (Å²) >= 11 is 6.59. The van der Waals surface area contributed by atoms with Crippen LogP contribution in [0, 0.1) is 12.7 Å². The number of rotatable bonds is 1. The van der Waals surface area contributed by atoms with Crippen molar-refractivity contribution in [2.45, 2.75) is 6.92 Å². The highest BCUT2D eigenvalue weighted by Crippen LogP contribution is 2.29. The summed E-state index contributed by atoms with van der Waals surface area (Å²) in [6.07, 6.45) is 0. The molecule has 0 bridgehead atoms. The number of hydrogen-bond donors (Lipinski definition) is 1. The molecule has 3 aromatic rings. The Labute approximate surface area is 131 Å². The van der Waals surface area contributed by atoms with Gasteiger partial charge in [0.25, 0.3) is 0 Å². The minimum Gasteiger partial charge on any atom is -0.369 e. The minimum absolute atomic E-state index is 0.330. The SMILES string of the molecule is Cc1cc(Br)c(F)cc1-n1c(N)nc2cc(Br)ccc21. The van der Waals surface area contributed by atoms with Crippen LogP contribution in [-0.2, 0) is 0 Å². The van der Waals surface area contributed by atoms with Gasteiger partial charge in [0.05, 0.1) is 21.2 Å². The summed E-state index contributed by atoms with van der Waals surface area (Å²) in [5.74, 6) is 0.00637. The first kappa shape index (κ1) is 13.6. The van der Waals surface area contributed by atoms with Crippen molar-refractivity contribution >= 4 is 48.8 Å². The van der Waals surface area contributed by atoms with Crippen molar-refractivity contribution in [2.75, 3.05) is 5.73 Å². The number of anilines is 1. The molecule has 2 aromatic carbocycles.